The summed E-state index contributed by atoms with van der Waals surface area (Å²) in [4.78, 5) is 26.7. The molecule has 1 aliphatic heterocycles. The number of amides is 2. The van der Waals surface area contributed by atoms with Crippen LogP contribution in [0, 0.1) is 5.82 Å². The fraction of sp³-hybridized carbons (Fsp3) is 0.200. The number of para-hydroxylation sites is 2. The van der Waals surface area contributed by atoms with E-state index in [9.17, 15) is 14.0 Å². The van der Waals surface area contributed by atoms with E-state index in [1.165, 1.54) is 22.6 Å². The smallest absolute Gasteiger partial charge is 0.282 e. The van der Waals surface area contributed by atoms with Gasteiger partial charge in [-0.15, -0.1) is 0 Å². The Balaban J connectivity index is 1.57. The zero-order valence-corrected chi connectivity index (χ0v) is 17.3. The van der Waals surface area contributed by atoms with E-state index >= 15 is 0 Å². The second-order valence-electron chi connectivity index (χ2n) is 7.61. The maximum Gasteiger partial charge on any atom is 0.282 e. The van der Waals surface area contributed by atoms with Crippen LogP contribution in [-0.4, -0.2) is 24.9 Å². The fourth-order valence-corrected chi connectivity index (χ4v) is 3.91. The minimum atomic E-state index is -0.311. The maximum atomic E-state index is 13.9. The highest BCUT2D eigenvalue weighted by molar-refractivity contribution is 6.10. The summed E-state index contributed by atoms with van der Waals surface area (Å²) in [7, 11) is 0. The van der Waals surface area contributed by atoms with Gasteiger partial charge in [0.1, 0.15) is 18.4 Å². The molecule has 3 N–H and O–H groups in total. The number of carbonyl (C=O) groups excluding carboxylic acids is 2. The highest BCUT2D eigenvalue weighted by Crippen LogP contribution is 2.28. The summed E-state index contributed by atoms with van der Waals surface area (Å²) in [5.74, 6) is -0.702. The van der Waals surface area contributed by atoms with Crippen LogP contribution in [0.2, 0.25) is 0 Å². The molecular formula is C25H25FN3O2+. The first-order valence-electron chi connectivity index (χ1n) is 10.4. The first kappa shape index (κ1) is 20.8. The molecular weight excluding hydrogens is 393 g/mol. The minimum absolute atomic E-state index is 0.0144. The van der Waals surface area contributed by atoms with Crippen LogP contribution in [0.25, 0.3) is 0 Å². The third-order valence-corrected chi connectivity index (χ3v) is 5.55. The Morgan fingerprint density at radius 1 is 1.06 bits per heavy atom. The number of carbonyl (C=O) groups is 2. The van der Waals surface area contributed by atoms with Crippen molar-refractivity contribution in [1.29, 1.82) is 0 Å². The zero-order chi connectivity index (χ0) is 21.8. The quantitative estimate of drug-likeness (QED) is 0.646. The normalized spacial score (nSPS) is 14.0. The van der Waals surface area contributed by atoms with Gasteiger partial charge in [0.15, 0.2) is 6.54 Å². The van der Waals surface area contributed by atoms with Gasteiger partial charge in [-0.05, 0) is 36.2 Å². The number of benzene rings is 3. The number of nitrogens with two attached hydrogens (primary N) is 1. The summed E-state index contributed by atoms with van der Waals surface area (Å²) in [5.41, 5.74) is 4.31. The van der Waals surface area contributed by atoms with E-state index in [0.717, 1.165) is 17.5 Å². The summed E-state index contributed by atoms with van der Waals surface area (Å²) in [6.45, 7) is 2.20. The van der Waals surface area contributed by atoms with Crippen LogP contribution in [0.1, 0.15) is 29.7 Å². The highest BCUT2D eigenvalue weighted by Gasteiger charge is 2.28. The standard InChI is InChI=1S/C25H24FN3O2/c1-2-17-10-12-18(13-11-17)25(19-6-5-7-20(26)14-19)27-15-24(31)29-16-23(30)28-21-8-3-4-9-22(21)29/h3-14,25,27H,2,15-16H2,1H3,(H,28,30)/p+1/t25-/m0/s1. The average Bonchev–Trinajstić information content (AvgIpc) is 2.79. The molecule has 0 fully saturated rings. The zero-order valence-electron chi connectivity index (χ0n) is 17.3. The summed E-state index contributed by atoms with van der Waals surface area (Å²) in [6.07, 6.45) is 0.934. The molecule has 31 heavy (non-hydrogen) atoms. The molecule has 0 unspecified atom stereocenters. The fourth-order valence-electron chi connectivity index (χ4n) is 3.91. The Kier molecular flexibility index (Phi) is 6.09. The number of aryl methyl sites for hydroxylation is 1. The SMILES string of the molecule is CCc1ccc([C@H]([NH2+]CC(=O)N2CC(=O)Nc3ccccc32)c2cccc(F)c2)cc1. The number of nitrogens with one attached hydrogen (secondary N) is 1. The molecule has 0 aliphatic carbocycles. The molecule has 2 amide bonds. The molecule has 1 aliphatic rings. The van der Waals surface area contributed by atoms with Crippen molar-refractivity contribution in [3.05, 3.63) is 95.3 Å². The molecule has 5 nitrogen and oxygen atoms in total. The molecule has 0 saturated heterocycles. The van der Waals surface area contributed by atoms with Crippen LogP contribution in [0.5, 0.6) is 0 Å². The molecule has 0 radical (unpaired) electrons. The minimum Gasteiger partial charge on any atom is -0.328 e. The van der Waals surface area contributed by atoms with Gasteiger partial charge in [-0.1, -0.05) is 55.5 Å². The molecule has 0 spiro atoms. The van der Waals surface area contributed by atoms with E-state index < -0.39 is 0 Å². The Morgan fingerprint density at radius 3 is 2.58 bits per heavy atom. The van der Waals surface area contributed by atoms with E-state index in [1.54, 1.807) is 12.1 Å². The third-order valence-electron chi connectivity index (χ3n) is 5.55. The number of rotatable bonds is 6. The van der Waals surface area contributed by atoms with Crippen LogP contribution in [0.15, 0.2) is 72.8 Å². The molecule has 4 rings (SSSR count). The van der Waals surface area contributed by atoms with Crippen molar-refractivity contribution < 1.29 is 19.3 Å². The lowest BCUT2D eigenvalue weighted by atomic mass is 9.97. The van der Waals surface area contributed by atoms with Crippen LogP contribution >= 0.6 is 0 Å². The van der Waals surface area contributed by atoms with Crippen molar-refractivity contribution in [2.24, 2.45) is 0 Å². The van der Waals surface area contributed by atoms with Crippen LogP contribution in [0.3, 0.4) is 0 Å². The number of fused-ring (bicyclic) bond motifs is 1. The Hall–Kier alpha value is -3.51. The van der Waals surface area contributed by atoms with Gasteiger partial charge >= 0.3 is 0 Å². The molecule has 0 bridgehead atoms. The van der Waals surface area contributed by atoms with Crippen molar-refractivity contribution >= 4 is 23.2 Å². The number of halogens is 1. The number of hydrogen-bond acceptors (Lipinski definition) is 2. The molecule has 1 heterocycles. The molecule has 6 heteroatoms. The Labute approximate surface area is 180 Å². The van der Waals surface area contributed by atoms with E-state index in [-0.39, 0.29) is 36.8 Å². The largest absolute Gasteiger partial charge is 0.328 e. The molecule has 158 valence electrons. The monoisotopic (exact) mass is 418 g/mol. The third kappa shape index (κ3) is 4.64. The first-order valence-corrected chi connectivity index (χ1v) is 10.4. The lowest BCUT2D eigenvalue weighted by Gasteiger charge is -2.29. The second kappa shape index (κ2) is 9.10. The van der Waals surface area contributed by atoms with E-state index in [2.05, 4.69) is 24.4 Å². The number of quaternary nitrogens is 1. The van der Waals surface area contributed by atoms with Crippen molar-refractivity contribution in [3.8, 4) is 0 Å². The van der Waals surface area contributed by atoms with Gasteiger partial charge in [-0.2, -0.15) is 0 Å². The molecule has 1 atom stereocenters. The van der Waals surface area contributed by atoms with Gasteiger partial charge in [0.2, 0.25) is 5.91 Å². The predicted octanol–water partition coefficient (Wildman–Crippen LogP) is 3.03. The highest BCUT2D eigenvalue weighted by atomic mass is 19.1. The van der Waals surface area contributed by atoms with E-state index in [1.807, 2.05) is 41.7 Å². The first-order chi connectivity index (χ1) is 15.0. The number of hydrogen-bond donors (Lipinski definition) is 2. The molecule has 0 aromatic heterocycles. The summed E-state index contributed by atoms with van der Waals surface area (Å²) in [6, 6.07) is 21.7. The van der Waals surface area contributed by atoms with Crippen molar-refractivity contribution in [2.45, 2.75) is 19.4 Å². The average molecular weight is 418 g/mol. The van der Waals surface area contributed by atoms with Gasteiger partial charge in [0.05, 0.1) is 11.4 Å². The van der Waals surface area contributed by atoms with Crippen molar-refractivity contribution in [1.82, 2.24) is 0 Å². The number of nitrogens with zero attached hydrogens (tertiary/aromatic N) is 1. The topological polar surface area (TPSA) is 66.0 Å². The second-order valence-corrected chi connectivity index (χ2v) is 7.61. The van der Waals surface area contributed by atoms with Gasteiger partial charge < -0.3 is 10.6 Å². The Morgan fingerprint density at radius 2 is 1.84 bits per heavy atom. The van der Waals surface area contributed by atoms with Gasteiger partial charge in [-0.3, -0.25) is 14.5 Å². The predicted molar refractivity (Wildman–Crippen MR) is 118 cm³/mol. The Bertz CT molecular complexity index is 1100. The van der Waals surface area contributed by atoms with Crippen molar-refractivity contribution in [2.75, 3.05) is 23.3 Å². The lowest BCUT2D eigenvalue weighted by molar-refractivity contribution is -0.676. The molecule has 0 saturated carbocycles. The van der Waals surface area contributed by atoms with Gasteiger partial charge in [-0.25, -0.2) is 4.39 Å². The van der Waals surface area contributed by atoms with Gasteiger partial charge in [0.25, 0.3) is 5.91 Å². The summed E-state index contributed by atoms with van der Waals surface area (Å²) in [5, 5.41) is 4.69. The maximum absolute atomic E-state index is 13.9. The molecule has 3 aromatic carbocycles. The summed E-state index contributed by atoms with van der Waals surface area (Å²) >= 11 is 0. The van der Waals surface area contributed by atoms with E-state index in [4.69, 9.17) is 0 Å². The van der Waals surface area contributed by atoms with Crippen molar-refractivity contribution in [3.63, 3.8) is 0 Å². The summed E-state index contributed by atoms with van der Waals surface area (Å²) < 4.78 is 13.9. The van der Waals surface area contributed by atoms with E-state index in [0.29, 0.717) is 11.4 Å². The lowest BCUT2D eigenvalue weighted by Crippen LogP contribution is -2.88. The molecule has 3 aromatic rings. The number of anilines is 2. The van der Waals surface area contributed by atoms with Crippen LogP contribution in [-0.2, 0) is 16.0 Å². The van der Waals surface area contributed by atoms with Crippen LogP contribution in [0.4, 0.5) is 15.8 Å². The van der Waals surface area contributed by atoms with Gasteiger partial charge in [0, 0.05) is 11.1 Å². The van der Waals surface area contributed by atoms with Crippen LogP contribution < -0.4 is 15.5 Å².